The Balaban J connectivity index is 2.14. The number of nitrogens with one attached hydrogen (secondary N) is 1. The molecule has 2 rings (SSSR count). The molecule has 0 fully saturated rings. The first-order valence-corrected chi connectivity index (χ1v) is 7.59. The highest BCUT2D eigenvalue weighted by molar-refractivity contribution is 9.10. The molecule has 3 nitrogen and oxygen atoms in total. The second kappa shape index (κ2) is 6.76. The summed E-state index contributed by atoms with van der Waals surface area (Å²) in [5.74, 6) is 0.551. The largest absolute Gasteiger partial charge is 0.491 e. The van der Waals surface area contributed by atoms with E-state index in [2.05, 4.69) is 21.2 Å². The van der Waals surface area contributed by atoms with Crippen LogP contribution in [0.25, 0.3) is 0 Å². The zero-order valence-electron chi connectivity index (χ0n) is 12.3. The summed E-state index contributed by atoms with van der Waals surface area (Å²) in [5.41, 5.74) is 2.43. The van der Waals surface area contributed by atoms with E-state index in [0.29, 0.717) is 11.3 Å². The van der Waals surface area contributed by atoms with Crippen LogP contribution in [0, 0.1) is 6.92 Å². The van der Waals surface area contributed by atoms with E-state index < -0.39 is 0 Å². The van der Waals surface area contributed by atoms with Crippen molar-refractivity contribution in [3.8, 4) is 5.75 Å². The summed E-state index contributed by atoms with van der Waals surface area (Å²) in [5, 5.41) is 2.89. The molecule has 0 unspecified atom stereocenters. The van der Waals surface area contributed by atoms with Gasteiger partial charge in [0.1, 0.15) is 5.75 Å². The minimum Gasteiger partial charge on any atom is -0.491 e. The van der Waals surface area contributed by atoms with Crippen LogP contribution in [0.1, 0.15) is 29.8 Å². The smallest absolute Gasteiger partial charge is 0.255 e. The standard InChI is InChI=1S/C17H18BrNO2/c1-11(2)21-15-6-4-5-13(10-15)17(20)19-14-7-8-16(18)12(3)9-14/h4-11H,1-3H3,(H,19,20). The van der Waals surface area contributed by atoms with Crippen LogP contribution >= 0.6 is 15.9 Å². The Hall–Kier alpha value is -1.81. The van der Waals surface area contributed by atoms with E-state index in [1.165, 1.54) is 0 Å². The topological polar surface area (TPSA) is 38.3 Å². The Morgan fingerprint density at radius 2 is 1.95 bits per heavy atom. The van der Waals surface area contributed by atoms with E-state index in [4.69, 9.17) is 4.74 Å². The normalized spacial score (nSPS) is 10.5. The van der Waals surface area contributed by atoms with Gasteiger partial charge in [-0.1, -0.05) is 22.0 Å². The number of carbonyl (C=O) groups is 1. The lowest BCUT2D eigenvalue weighted by atomic mass is 10.2. The van der Waals surface area contributed by atoms with E-state index in [0.717, 1.165) is 15.7 Å². The number of amides is 1. The van der Waals surface area contributed by atoms with Crippen molar-refractivity contribution in [2.75, 3.05) is 5.32 Å². The number of anilines is 1. The Labute approximate surface area is 133 Å². The van der Waals surface area contributed by atoms with Crippen LogP contribution < -0.4 is 10.1 Å². The van der Waals surface area contributed by atoms with E-state index in [1.807, 2.05) is 51.1 Å². The number of halogens is 1. The minimum absolute atomic E-state index is 0.0810. The fraction of sp³-hybridized carbons (Fsp3) is 0.235. The van der Waals surface area contributed by atoms with Crippen LogP contribution in [0.5, 0.6) is 5.75 Å². The zero-order valence-corrected chi connectivity index (χ0v) is 13.9. The highest BCUT2D eigenvalue weighted by Crippen LogP contribution is 2.21. The zero-order chi connectivity index (χ0) is 15.4. The fourth-order valence-electron chi connectivity index (χ4n) is 1.91. The molecule has 4 heteroatoms. The van der Waals surface area contributed by atoms with Crippen molar-refractivity contribution >= 4 is 27.5 Å². The molecular formula is C17H18BrNO2. The summed E-state index contributed by atoms with van der Waals surface area (Å²) in [6, 6.07) is 12.9. The van der Waals surface area contributed by atoms with E-state index >= 15 is 0 Å². The van der Waals surface area contributed by atoms with Gasteiger partial charge in [-0.3, -0.25) is 4.79 Å². The third-order valence-corrected chi connectivity index (χ3v) is 3.77. The highest BCUT2D eigenvalue weighted by Gasteiger charge is 2.08. The first kappa shape index (κ1) is 15.6. The van der Waals surface area contributed by atoms with Crippen molar-refractivity contribution < 1.29 is 9.53 Å². The summed E-state index contributed by atoms with van der Waals surface area (Å²) in [7, 11) is 0. The van der Waals surface area contributed by atoms with Gasteiger partial charge in [0.15, 0.2) is 0 Å². The molecule has 0 radical (unpaired) electrons. The number of benzene rings is 2. The molecule has 0 saturated carbocycles. The maximum absolute atomic E-state index is 12.3. The number of hydrogen-bond donors (Lipinski definition) is 1. The lowest BCUT2D eigenvalue weighted by Gasteiger charge is -2.11. The molecule has 2 aromatic rings. The minimum atomic E-state index is -0.147. The monoisotopic (exact) mass is 347 g/mol. The average molecular weight is 348 g/mol. The summed E-state index contributed by atoms with van der Waals surface area (Å²) in [6.45, 7) is 5.89. The van der Waals surface area contributed by atoms with Gasteiger partial charge in [0.05, 0.1) is 6.10 Å². The van der Waals surface area contributed by atoms with Crippen LogP contribution in [0.2, 0.25) is 0 Å². The molecule has 0 aliphatic rings. The molecule has 0 spiro atoms. The molecule has 0 aromatic heterocycles. The first-order valence-electron chi connectivity index (χ1n) is 6.80. The van der Waals surface area contributed by atoms with Crippen molar-refractivity contribution in [2.24, 2.45) is 0 Å². The molecule has 1 N–H and O–H groups in total. The number of ether oxygens (including phenoxy) is 1. The third kappa shape index (κ3) is 4.33. The molecule has 0 atom stereocenters. The van der Waals surface area contributed by atoms with E-state index in [-0.39, 0.29) is 12.0 Å². The van der Waals surface area contributed by atoms with Crippen LogP contribution in [0.4, 0.5) is 5.69 Å². The highest BCUT2D eigenvalue weighted by atomic mass is 79.9. The maximum Gasteiger partial charge on any atom is 0.255 e. The number of hydrogen-bond acceptors (Lipinski definition) is 2. The van der Waals surface area contributed by atoms with Gasteiger partial charge >= 0.3 is 0 Å². The van der Waals surface area contributed by atoms with Gasteiger partial charge in [0, 0.05) is 15.7 Å². The third-order valence-electron chi connectivity index (χ3n) is 2.88. The van der Waals surface area contributed by atoms with E-state index in [9.17, 15) is 4.79 Å². The summed E-state index contributed by atoms with van der Waals surface area (Å²) >= 11 is 3.44. The number of rotatable bonds is 4. The van der Waals surface area contributed by atoms with Gasteiger partial charge in [-0.05, 0) is 62.7 Å². The van der Waals surface area contributed by atoms with Gasteiger partial charge in [0.2, 0.25) is 0 Å². The van der Waals surface area contributed by atoms with Gasteiger partial charge < -0.3 is 10.1 Å². The van der Waals surface area contributed by atoms with Crippen LogP contribution in [0.3, 0.4) is 0 Å². The van der Waals surface area contributed by atoms with Gasteiger partial charge in [-0.2, -0.15) is 0 Å². The summed E-state index contributed by atoms with van der Waals surface area (Å²) < 4.78 is 6.63. The van der Waals surface area contributed by atoms with Crippen molar-refractivity contribution in [3.05, 3.63) is 58.1 Å². The molecule has 0 saturated heterocycles. The molecule has 0 aliphatic heterocycles. The molecule has 0 aliphatic carbocycles. The van der Waals surface area contributed by atoms with Gasteiger partial charge in [0.25, 0.3) is 5.91 Å². The second-order valence-corrected chi connectivity index (χ2v) is 5.97. The molecular weight excluding hydrogens is 330 g/mol. The lowest BCUT2D eigenvalue weighted by Crippen LogP contribution is -2.12. The predicted molar refractivity (Wildman–Crippen MR) is 89.0 cm³/mol. The van der Waals surface area contributed by atoms with Crippen molar-refractivity contribution in [1.29, 1.82) is 0 Å². The predicted octanol–water partition coefficient (Wildman–Crippen LogP) is 4.80. The average Bonchev–Trinajstić information content (AvgIpc) is 2.42. The summed E-state index contributed by atoms with van der Waals surface area (Å²) in [6.07, 6.45) is 0.0810. The van der Waals surface area contributed by atoms with E-state index in [1.54, 1.807) is 12.1 Å². The Kier molecular flexibility index (Phi) is 5.02. The quantitative estimate of drug-likeness (QED) is 0.862. The Bertz CT molecular complexity index is 653. The van der Waals surface area contributed by atoms with Gasteiger partial charge in [-0.15, -0.1) is 0 Å². The summed E-state index contributed by atoms with van der Waals surface area (Å²) in [4.78, 5) is 12.3. The molecule has 0 bridgehead atoms. The first-order chi connectivity index (χ1) is 9.95. The molecule has 110 valence electrons. The van der Waals surface area contributed by atoms with Crippen LogP contribution in [0.15, 0.2) is 46.9 Å². The van der Waals surface area contributed by atoms with Crippen LogP contribution in [-0.4, -0.2) is 12.0 Å². The molecule has 1 amide bonds. The Morgan fingerprint density at radius 3 is 2.62 bits per heavy atom. The van der Waals surface area contributed by atoms with Crippen LogP contribution in [-0.2, 0) is 0 Å². The second-order valence-electron chi connectivity index (χ2n) is 5.11. The molecule has 21 heavy (non-hydrogen) atoms. The van der Waals surface area contributed by atoms with Crippen molar-refractivity contribution in [2.45, 2.75) is 26.9 Å². The van der Waals surface area contributed by atoms with Gasteiger partial charge in [-0.25, -0.2) is 0 Å². The SMILES string of the molecule is Cc1cc(NC(=O)c2cccc(OC(C)C)c2)ccc1Br. The number of carbonyl (C=O) groups excluding carboxylic acids is 1. The van der Waals surface area contributed by atoms with Crippen molar-refractivity contribution in [3.63, 3.8) is 0 Å². The Morgan fingerprint density at radius 1 is 1.19 bits per heavy atom. The lowest BCUT2D eigenvalue weighted by molar-refractivity contribution is 0.102. The number of aryl methyl sites for hydroxylation is 1. The maximum atomic E-state index is 12.3. The van der Waals surface area contributed by atoms with Crippen molar-refractivity contribution in [1.82, 2.24) is 0 Å². The fourth-order valence-corrected chi connectivity index (χ4v) is 2.16. The molecule has 2 aromatic carbocycles. The molecule has 0 heterocycles.